The van der Waals surface area contributed by atoms with E-state index in [0.717, 1.165) is 109 Å². The third-order valence-electron chi connectivity index (χ3n) is 7.47. The highest BCUT2D eigenvalue weighted by molar-refractivity contribution is 5.69. The highest BCUT2D eigenvalue weighted by atomic mass is 16.6. The van der Waals surface area contributed by atoms with Crippen LogP contribution in [0.25, 0.3) is 0 Å². The maximum atomic E-state index is 12.2. The molecule has 51 heavy (non-hydrogen) atoms. The standard InChI is InChI=1S/C47H72O4/c1-3-5-7-9-11-13-15-17-19-21-23-24-25-26-28-30-32-34-36-38-40-42-47(49)51-46(44-48)45-50-43-41-39-37-35-33-31-29-27-22-20-18-16-14-12-10-8-6-4-2/h5-8,11-14,17-20,23-24,26-29,32-35,46,48H,3-4,9-10,15-16,21-22,25,30-31,36-45H2,1-2H3/b7-5-,8-6-,13-11-,14-12-,19-17-,20-18-,24-23-,28-26-,29-27-,34-32-,35-33-. The highest BCUT2D eigenvalue weighted by Crippen LogP contribution is 2.06. The third kappa shape index (κ3) is 40.8. The first-order chi connectivity index (χ1) is 25.2. The summed E-state index contributed by atoms with van der Waals surface area (Å²) in [6.45, 7) is 4.93. The number of aliphatic hydroxyl groups excluding tert-OH is 1. The summed E-state index contributed by atoms with van der Waals surface area (Å²) in [5, 5.41) is 9.58. The molecule has 0 bridgehead atoms. The Morgan fingerprint density at radius 2 is 0.804 bits per heavy atom. The highest BCUT2D eigenvalue weighted by Gasteiger charge is 2.13. The number of ether oxygens (including phenoxy) is 2. The monoisotopic (exact) mass is 701 g/mol. The maximum Gasteiger partial charge on any atom is 0.306 e. The Labute approximate surface area is 313 Å². The van der Waals surface area contributed by atoms with Crippen molar-refractivity contribution in [3.05, 3.63) is 134 Å². The first kappa shape index (κ1) is 47.5. The molecule has 0 radical (unpaired) electrons. The van der Waals surface area contributed by atoms with E-state index in [2.05, 4.69) is 148 Å². The topological polar surface area (TPSA) is 55.8 Å². The van der Waals surface area contributed by atoms with Crippen molar-refractivity contribution in [3.63, 3.8) is 0 Å². The summed E-state index contributed by atoms with van der Waals surface area (Å²) in [6.07, 6.45) is 65.0. The maximum absolute atomic E-state index is 12.2. The lowest BCUT2D eigenvalue weighted by molar-refractivity contribution is -0.154. The average molecular weight is 701 g/mol. The van der Waals surface area contributed by atoms with E-state index in [1.54, 1.807) is 0 Å². The number of allylic oxidation sites excluding steroid dienone is 22. The number of aliphatic hydroxyl groups is 1. The Balaban J connectivity index is 3.70. The molecule has 0 aromatic carbocycles. The molecule has 1 atom stereocenters. The van der Waals surface area contributed by atoms with E-state index in [1.165, 1.54) is 0 Å². The zero-order valence-corrected chi connectivity index (χ0v) is 32.3. The van der Waals surface area contributed by atoms with Gasteiger partial charge in [0.15, 0.2) is 0 Å². The largest absolute Gasteiger partial charge is 0.457 e. The third-order valence-corrected chi connectivity index (χ3v) is 7.47. The number of rotatable bonds is 34. The molecule has 4 heteroatoms. The zero-order valence-electron chi connectivity index (χ0n) is 32.3. The van der Waals surface area contributed by atoms with Crippen LogP contribution in [0.1, 0.15) is 129 Å². The molecule has 0 saturated carbocycles. The smallest absolute Gasteiger partial charge is 0.306 e. The molecule has 0 rings (SSSR count). The second-order valence-corrected chi connectivity index (χ2v) is 12.2. The van der Waals surface area contributed by atoms with Gasteiger partial charge in [-0.3, -0.25) is 4.79 Å². The summed E-state index contributed by atoms with van der Waals surface area (Å²) in [5.74, 6) is -0.265. The van der Waals surface area contributed by atoms with Crippen molar-refractivity contribution in [1.82, 2.24) is 0 Å². The van der Waals surface area contributed by atoms with Gasteiger partial charge in [-0.15, -0.1) is 0 Å². The van der Waals surface area contributed by atoms with E-state index in [4.69, 9.17) is 9.47 Å². The summed E-state index contributed by atoms with van der Waals surface area (Å²) < 4.78 is 11.1. The van der Waals surface area contributed by atoms with Crippen molar-refractivity contribution >= 4 is 5.97 Å². The van der Waals surface area contributed by atoms with Crippen molar-refractivity contribution < 1.29 is 19.4 Å². The minimum absolute atomic E-state index is 0.218. The molecule has 0 aromatic rings. The van der Waals surface area contributed by atoms with Crippen LogP contribution in [-0.2, 0) is 14.3 Å². The SMILES string of the molecule is CC/C=C\C/C=C\C/C=C\C/C=C\C/C=C\C/C=C\CCCCC(=O)OC(CO)COCCCC/C=C\C/C=C\C/C=C\C/C=C\C/C=C\CC. The van der Waals surface area contributed by atoms with Crippen LogP contribution >= 0.6 is 0 Å². The lowest BCUT2D eigenvalue weighted by Crippen LogP contribution is -2.27. The molecule has 1 unspecified atom stereocenters. The van der Waals surface area contributed by atoms with E-state index >= 15 is 0 Å². The van der Waals surface area contributed by atoms with Gasteiger partial charge in [-0.2, -0.15) is 0 Å². The lowest BCUT2D eigenvalue weighted by Gasteiger charge is -2.15. The first-order valence-corrected chi connectivity index (χ1v) is 19.8. The van der Waals surface area contributed by atoms with Crippen LogP contribution in [0.5, 0.6) is 0 Å². The zero-order chi connectivity index (χ0) is 37.0. The first-order valence-electron chi connectivity index (χ1n) is 19.8. The van der Waals surface area contributed by atoms with E-state index in [1.807, 2.05) is 0 Å². The summed E-state index contributed by atoms with van der Waals surface area (Å²) in [6, 6.07) is 0. The van der Waals surface area contributed by atoms with Gasteiger partial charge in [0.1, 0.15) is 6.10 Å². The van der Waals surface area contributed by atoms with E-state index in [0.29, 0.717) is 13.0 Å². The second-order valence-electron chi connectivity index (χ2n) is 12.2. The van der Waals surface area contributed by atoms with E-state index in [9.17, 15) is 9.90 Å². The van der Waals surface area contributed by atoms with Gasteiger partial charge in [0.25, 0.3) is 0 Å². The van der Waals surface area contributed by atoms with Gasteiger partial charge in [0.05, 0.1) is 13.2 Å². The van der Waals surface area contributed by atoms with Crippen molar-refractivity contribution in [1.29, 1.82) is 0 Å². The molecule has 0 aliphatic rings. The minimum atomic E-state index is -0.591. The van der Waals surface area contributed by atoms with Gasteiger partial charge < -0.3 is 14.6 Å². The van der Waals surface area contributed by atoms with Crippen LogP contribution in [0.4, 0.5) is 0 Å². The number of esters is 1. The molecule has 0 aromatic heterocycles. The fraction of sp³-hybridized carbons (Fsp3) is 0.511. The van der Waals surface area contributed by atoms with Gasteiger partial charge in [0, 0.05) is 13.0 Å². The molecule has 0 spiro atoms. The molecule has 0 saturated heterocycles. The number of unbranched alkanes of at least 4 members (excludes halogenated alkanes) is 4. The van der Waals surface area contributed by atoms with Crippen molar-refractivity contribution in [2.75, 3.05) is 19.8 Å². The summed E-state index contributed by atoms with van der Waals surface area (Å²) >= 11 is 0. The van der Waals surface area contributed by atoms with Crippen molar-refractivity contribution in [3.8, 4) is 0 Å². The predicted octanol–water partition coefficient (Wildman–Crippen LogP) is 13.1. The van der Waals surface area contributed by atoms with Crippen molar-refractivity contribution in [2.24, 2.45) is 0 Å². The van der Waals surface area contributed by atoms with Crippen LogP contribution in [0.2, 0.25) is 0 Å². The molecule has 0 fully saturated rings. The van der Waals surface area contributed by atoms with Crippen LogP contribution in [0.3, 0.4) is 0 Å². The van der Waals surface area contributed by atoms with Crippen LogP contribution in [0.15, 0.2) is 134 Å². The Kier molecular flexibility index (Phi) is 39.8. The van der Waals surface area contributed by atoms with E-state index in [-0.39, 0.29) is 19.2 Å². The minimum Gasteiger partial charge on any atom is -0.457 e. The summed E-state index contributed by atoms with van der Waals surface area (Å²) in [7, 11) is 0. The quantitative estimate of drug-likeness (QED) is 0.0412. The Morgan fingerprint density at radius 1 is 0.471 bits per heavy atom. The molecule has 0 aliphatic carbocycles. The Morgan fingerprint density at radius 3 is 1.16 bits per heavy atom. The second kappa shape index (κ2) is 42.7. The molecule has 284 valence electrons. The Bertz CT molecular complexity index is 1090. The van der Waals surface area contributed by atoms with Gasteiger partial charge in [-0.1, -0.05) is 148 Å². The molecular weight excluding hydrogens is 629 g/mol. The predicted molar refractivity (Wildman–Crippen MR) is 223 cm³/mol. The number of carbonyl (C=O) groups is 1. The molecule has 0 amide bonds. The van der Waals surface area contributed by atoms with Gasteiger partial charge in [-0.05, 0) is 109 Å². The number of hydrogen-bond acceptors (Lipinski definition) is 4. The fourth-order valence-corrected chi connectivity index (χ4v) is 4.59. The molecular formula is C47H72O4. The average Bonchev–Trinajstić information content (AvgIpc) is 3.14. The lowest BCUT2D eigenvalue weighted by atomic mass is 10.2. The molecule has 0 heterocycles. The normalized spacial score (nSPS) is 13.9. The van der Waals surface area contributed by atoms with Gasteiger partial charge in [0.2, 0.25) is 0 Å². The van der Waals surface area contributed by atoms with Crippen molar-refractivity contribution in [2.45, 2.75) is 136 Å². The fourth-order valence-electron chi connectivity index (χ4n) is 4.59. The molecule has 1 N–H and O–H groups in total. The Hall–Kier alpha value is -3.47. The van der Waals surface area contributed by atoms with Gasteiger partial charge in [-0.25, -0.2) is 0 Å². The van der Waals surface area contributed by atoms with Crippen LogP contribution in [0, 0.1) is 0 Å². The number of carbonyl (C=O) groups excluding carboxylic acids is 1. The molecule has 0 aliphatic heterocycles. The molecule has 4 nitrogen and oxygen atoms in total. The van der Waals surface area contributed by atoms with Crippen LogP contribution in [-0.4, -0.2) is 37.0 Å². The van der Waals surface area contributed by atoms with E-state index < -0.39 is 6.10 Å². The van der Waals surface area contributed by atoms with Crippen LogP contribution < -0.4 is 0 Å². The van der Waals surface area contributed by atoms with Gasteiger partial charge >= 0.3 is 5.97 Å². The number of hydrogen-bond donors (Lipinski definition) is 1. The summed E-state index contributed by atoms with van der Waals surface area (Å²) in [4.78, 5) is 12.2. The summed E-state index contributed by atoms with van der Waals surface area (Å²) in [5.41, 5.74) is 0.